The minimum absolute atomic E-state index is 0.145. The van der Waals surface area contributed by atoms with Gasteiger partial charge in [0.1, 0.15) is 5.01 Å². The molecule has 1 aromatic carbocycles. The third-order valence-electron chi connectivity index (χ3n) is 5.43. The van der Waals surface area contributed by atoms with Crippen LogP contribution in [0.2, 0.25) is 0 Å². The molecule has 2 atom stereocenters. The third-order valence-corrected chi connectivity index (χ3v) is 6.55. The Morgan fingerprint density at radius 1 is 1.35 bits per heavy atom. The van der Waals surface area contributed by atoms with Crippen molar-refractivity contribution in [2.75, 3.05) is 6.61 Å². The fraction of sp³-hybridized carbons (Fsp3) is 0.526. The van der Waals surface area contributed by atoms with Crippen LogP contribution in [-0.2, 0) is 31.3 Å². The normalized spacial score (nSPS) is 26.1. The summed E-state index contributed by atoms with van der Waals surface area (Å²) in [6, 6.07) is 8.49. The summed E-state index contributed by atoms with van der Waals surface area (Å²) in [5.74, 6) is 0.786. The molecular formula is C19H24N2OS. The van der Waals surface area contributed by atoms with Crippen LogP contribution in [0.25, 0.3) is 0 Å². The quantitative estimate of drug-likeness (QED) is 0.906. The molecular weight excluding hydrogens is 304 g/mol. The van der Waals surface area contributed by atoms with Gasteiger partial charge in [0.2, 0.25) is 0 Å². The second-order valence-electron chi connectivity index (χ2n) is 7.08. The zero-order chi connectivity index (χ0) is 15.9. The fourth-order valence-corrected chi connectivity index (χ4v) is 5.22. The molecule has 1 aromatic heterocycles. The van der Waals surface area contributed by atoms with Crippen molar-refractivity contribution in [1.82, 2.24) is 10.3 Å². The lowest BCUT2D eigenvalue weighted by atomic mass is 9.92. The summed E-state index contributed by atoms with van der Waals surface area (Å²) in [7, 11) is 0. The molecule has 0 saturated carbocycles. The summed E-state index contributed by atoms with van der Waals surface area (Å²) in [6.07, 6.45) is 5.57. The van der Waals surface area contributed by atoms with Gasteiger partial charge in [-0.25, -0.2) is 4.98 Å². The highest BCUT2D eigenvalue weighted by Crippen LogP contribution is 2.37. The summed E-state index contributed by atoms with van der Waals surface area (Å²) >= 11 is 1.86. The Bertz CT molecular complexity index is 711. The van der Waals surface area contributed by atoms with Crippen molar-refractivity contribution in [2.24, 2.45) is 5.92 Å². The second-order valence-corrected chi connectivity index (χ2v) is 8.24. The lowest BCUT2D eigenvalue weighted by Crippen LogP contribution is -2.43. The van der Waals surface area contributed by atoms with Gasteiger partial charge in [-0.3, -0.25) is 5.32 Å². The average Bonchev–Trinajstić information content (AvgIpc) is 3.14. The van der Waals surface area contributed by atoms with Gasteiger partial charge in [0, 0.05) is 11.4 Å². The van der Waals surface area contributed by atoms with Gasteiger partial charge in [0.15, 0.2) is 0 Å². The largest absolute Gasteiger partial charge is 0.394 e. The first-order chi connectivity index (χ1) is 11.2. The number of hydrogen-bond donors (Lipinski definition) is 2. The standard InChI is InChI=1S/C19H24N2OS/c1-13-6-7-16-17(10-13)23-18(21-16)11-20-19(12-22)9-8-14-4-2-3-5-15(14)19/h2-5,13,20,22H,6-12H2,1H3. The number of aliphatic hydroxyl groups is 1. The van der Waals surface area contributed by atoms with Crippen LogP contribution in [0.4, 0.5) is 0 Å². The van der Waals surface area contributed by atoms with Crippen molar-refractivity contribution in [2.45, 2.75) is 51.1 Å². The molecule has 122 valence electrons. The van der Waals surface area contributed by atoms with Gasteiger partial charge in [-0.05, 0) is 49.1 Å². The first kappa shape index (κ1) is 15.3. The van der Waals surface area contributed by atoms with Crippen LogP contribution in [-0.4, -0.2) is 16.7 Å². The van der Waals surface area contributed by atoms with E-state index in [1.165, 1.54) is 39.5 Å². The van der Waals surface area contributed by atoms with Gasteiger partial charge >= 0.3 is 0 Å². The van der Waals surface area contributed by atoms with E-state index in [0.29, 0.717) is 0 Å². The number of hydrogen-bond acceptors (Lipinski definition) is 4. The van der Waals surface area contributed by atoms with Gasteiger partial charge < -0.3 is 5.11 Å². The monoisotopic (exact) mass is 328 g/mol. The molecule has 23 heavy (non-hydrogen) atoms. The molecule has 1 heterocycles. The first-order valence-corrected chi connectivity index (χ1v) is 9.43. The zero-order valence-electron chi connectivity index (χ0n) is 13.6. The van der Waals surface area contributed by atoms with Gasteiger partial charge in [-0.1, -0.05) is 31.2 Å². The maximum atomic E-state index is 10.1. The number of aryl methyl sites for hydroxylation is 2. The van der Waals surface area contributed by atoms with Crippen LogP contribution >= 0.6 is 11.3 Å². The second kappa shape index (κ2) is 6.00. The molecule has 2 unspecified atom stereocenters. The van der Waals surface area contributed by atoms with Crippen molar-refractivity contribution < 1.29 is 5.11 Å². The highest BCUT2D eigenvalue weighted by Gasteiger charge is 2.37. The summed E-state index contributed by atoms with van der Waals surface area (Å²) in [6.45, 7) is 3.23. The molecule has 0 fully saturated rings. The summed E-state index contributed by atoms with van der Waals surface area (Å²) in [5, 5.41) is 14.9. The number of nitrogens with zero attached hydrogens (tertiary/aromatic N) is 1. The third kappa shape index (κ3) is 2.73. The van der Waals surface area contributed by atoms with E-state index in [-0.39, 0.29) is 12.1 Å². The SMILES string of the molecule is CC1CCc2nc(CNC3(CO)CCc4ccccc43)sc2C1. The zero-order valence-corrected chi connectivity index (χ0v) is 14.5. The molecule has 2 aliphatic carbocycles. The lowest BCUT2D eigenvalue weighted by Gasteiger charge is -2.29. The number of fused-ring (bicyclic) bond motifs is 2. The van der Waals surface area contributed by atoms with Crippen LogP contribution in [0.1, 0.15) is 46.5 Å². The number of benzene rings is 1. The molecule has 0 saturated heterocycles. The number of thiazole rings is 1. The number of aliphatic hydroxyl groups excluding tert-OH is 1. The Balaban J connectivity index is 1.52. The van der Waals surface area contributed by atoms with Gasteiger partial charge in [0.25, 0.3) is 0 Å². The van der Waals surface area contributed by atoms with E-state index < -0.39 is 0 Å². The average molecular weight is 328 g/mol. The van der Waals surface area contributed by atoms with E-state index >= 15 is 0 Å². The van der Waals surface area contributed by atoms with Crippen LogP contribution in [0, 0.1) is 5.92 Å². The number of rotatable bonds is 4. The predicted octanol–water partition coefficient (Wildman–Crippen LogP) is 3.19. The minimum atomic E-state index is -0.296. The first-order valence-electron chi connectivity index (χ1n) is 8.62. The highest BCUT2D eigenvalue weighted by molar-refractivity contribution is 7.11. The van der Waals surface area contributed by atoms with Gasteiger partial charge in [-0.2, -0.15) is 0 Å². The maximum Gasteiger partial charge on any atom is 0.107 e. The van der Waals surface area contributed by atoms with Crippen molar-refractivity contribution in [3.05, 3.63) is 51.0 Å². The van der Waals surface area contributed by atoms with Crippen molar-refractivity contribution in [3.63, 3.8) is 0 Å². The van der Waals surface area contributed by atoms with Crippen molar-refractivity contribution in [3.8, 4) is 0 Å². The summed E-state index contributed by atoms with van der Waals surface area (Å²) in [5.41, 5.74) is 3.64. The van der Waals surface area contributed by atoms with E-state index in [1.54, 1.807) is 0 Å². The summed E-state index contributed by atoms with van der Waals surface area (Å²) < 4.78 is 0. The highest BCUT2D eigenvalue weighted by atomic mass is 32.1. The van der Waals surface area contributed by atoms with Crippen molar-refractivity contribution >= 4 is 11.3 Å². The Morgan fingerprint density at radius 2 is 2.22 bits per heavy atom. The Kier molecular flexibility index (Phi) is 4.00. The Labute approximate surface area is 141 Å². The number of nitrogens with one attached hydrogen (secondary N) is 1. The molecule has 0 spiro atoms. The van der Waals surface area contributed by atoms with E-state index in [1.807, 2.05) is 11.3 Å². The Hall–Kier alpha value is -1.23. The van der Waals surface area contributed by atoms with E-state index in [9.17, 15) is 5.11 Å². The molecule has 2 aromatic rings. The summed E-state index contributed by atoms with van der Waals surface area (Å²) in [4.78, 5) is 6.32. The van der Waals surface area contributed by atoms with Crippen LogP contribution < -0.4 is 5.32 Å². The van der Waals surface area contributed by atoms with Crippen LogP contribution in [0.5, 0.6) is 0 Å². The van der Waals surface area contributed by atoms with E-state index in [2.05, 4.69) is 36.5 Å². The number of aromatic nitrogens is 1. The predicted molar refractivity (Wildman–Crippen MR) is 93.7 cm³/mol. The molecule has 0 bridgehead atoms. The fourth-order valence-electron chi connectivity index (χ4n) is 4.01. The van der Waals surface area contributed by atoms with E-state index in [4.69, 9.17) is 4.98 Å². The molecule has 0 radical (unpaired) electrons. The maximum absolute atomic E-state index is 10.1. The lowest BCUT2D eigenvalue weighted by molar-refractivity contribution is 0.159. The minimum Gasteiger partial charge on any atom is -0.394 e. The Morgan fingerprint density at radius 3 is 3.09 bits per heavy atom. The van der Waals surface area contributed by atoms with E-state index in [0.717, 1.165) is 31.7 Å². The molecule has 2 aliphatic rings. The molecule has 0 aliphatic heterocycles. The van der Waals surface area contributed by atoms with Crippen LogP contribution in [0.3, 0.4) is 0 Å². The van der Waals surface area contributed by atoms with Gasteiger partial charge in [0.05, 0.1) is 17.8 Å². The van der Waals surface area contributed by atoms with Crippen molar-refractivity contribution in [1.29, 1.82) is 0 Å². The molecule has 2 N–H and O–H groups in total. The van der Waals surface area contributed by atoms with Crippen LogP contribution in [0.15, 0.2) is 24.3 Å². The smallest absolute Gasteiger partial charge is 0.107 e. The topological polar surface area (TPSA) is 45.2 Å². The molecule has 4 rings (SSSR count). The van der Waals surface area contributed by atoms with Gasteiger partial charge in [-0.15, -0.1) is 11.3 Å². The molecule has 4 heteroatoms. The molecule has 0 amide bonds. The molecule has 3 nitrogen and oxygen atoms in total.